The standard InChI is InChI=1S/C24H24FN3O/c1-28-11-8-24(9-12-28,21-4-6-22(25)7-5-21)17-29-16-20-14-18(15-26)13-19-3-2-10-27-23(19)20/h2-7,10,13-14H,8-9,11-12,16-17H2,1H3. The summed E-state index contributed by atoms with van der Waals surface area (Å²) >= 11 is 0. The Kier molecular flexibility index (Phi) is 5.57. The Morgan fingerprint density at radius 2 is 1.93 bits per heavy atom. The number of piperidine rings is 1. The molecule has 1 aliphatic heterocycles. The molecule has 5 heteroatoms. The molecule has 0 spiro atoms. The molecular formula is C24H24FN3O. The maximum Gasteiger partial charge on any atom is 0.123 e. The van der Waals surface area contributed by atoms with Crippen LogP contribution in [-0.2, 0) is 16.8 Å². The molecule has 0 atom stereocenters. The van der Waals surface area contributed by atoms with E-state index >= 15 is 0 Å². The second-order valence-corrected chi connectivity index (χ2v) is 7.91. The van der Waals surface area contributed by atoms with Crippen molar-refractivity contribution in [3.05, 3.63) is 77.2 Å². The Hall–Kier alpha value is -2.81. The molecule has 0 bridgehead atoms. The molecule has 2 heterocycles. The van der Waals surface area contributed by atoms with Gasteiger partial charge in [-0.25, -0.2) is 4.39 Å². The molecule has 1 aromatic heterocycles. The van der Waals surface area contributed by atoms with Gasteiger partial charge in [-0.05, 0) is 68.9 Å². The Labute approximate surface area is 170 Å². The van der Waals surface area contributed by atoms with Gasteiger partial charge in [0.2, 0.25) is 0 Å². The zero-order valence-electron chi connectivity index (χ0n) is 16.6. The minimum Gasteiger partial charge on any atom is -0.376 e. The minimum absolute atomic E-state index is 0.129. The molecule has 0 radical (unpaired) electrons. The number of aromatic nitrogens is 1. The van der Waals surface area contributed by atoms with E-state index in [-0.39, 0.29) is 11.2 Å². The Balaban J connectivity index is 1.57. The van der Waals surface area contributed by atoms with Gasteiger partial charge in [-0.2, -0.15) is 5.26 Å². The highest BCUT2D eigenvalue weighted by molar-refractivity contribution is 5.83. The molecule has 4 nitrogen and oxygen atoms in total. The van der Waals surface area contributed by atoms with Crippen molar-refractivity contribution in [3.63, 3.8) is 0 Å². The molecule has 29 heavy (non-hydrogen) atoms. The van der Waals surface area contributed by atoms with Crippen molar-refractivity contribution in [2.45, 2.75) is 24.9 Å². The van der Waals surface area contributed by atoms with Gasteiger partial charge in [0.15, 0.2) is 0 Å². The zero-order chi connectivity index (χ0) is 20.3. The molecule has 0 amide bonds. The van der Waals surface area contributed by atoms with E-state index in [1.165, 1.54) is 12.1 Å². The minimum atomic E-state index is -0.219. The lowest BCUT2D eigenvalue weighted by Gasteiger charge is -2.41. The third-order valence-electron chi connectivity index (χ3n) is 5.95. The van der Waals surface area contributed by atoms with Crippen molar-refractivity contribution in [1.82, 2.24) is 9.88 Å². The smallest absolute Gasteiger partial charge is 0.123 e. The number of nitriles is 1. The summed E-state index contributed by atoms with van der Waals surface area (Å²) in [6.45, 7) is 2.91. The van der Waals surface area contributed by atoms with Crippen LogP contribution in [0.1, 0.15) is 29.5 Å². The van der Waals surface area contributed by atoms with Crippen molar-refractivity contribution >= 4 is 10.9 Å². The van der Waals surface area contributed by atoms with Gasteiger partial charge in [0.05, 0.1) is 30.4 Å². The number of benzene rings is 2. The van der Waals surface area contributed by atoms with Crippen molar-refractivity contribution in [2.24, 2.45) is 0 Å². The summed E-state index contributed by atoms with van der Waals surface area (Å²) < 4.78 is 19.7. The summed E-state index contributed by atoms with van der Waals surface area (Å²) in [6.07, 6.45) is 3.69. The lowest BCUT2D eigenvalue weighted by atomic mass is 9.73. The van der Waals surface area contributed by atoms with Crippen LogP contribution in [0.3, 0.4) is 0 Å². The monoisotopic (exact) mass is 389 g/mol. The molecule has 1 fully saturated rings. The van der Waals surface area contributed by atoms with Crippen LogP contribution in [0.2, 0.25) is 0 Å². The first-order chi connectivity index (χ1) is 14.1. The Morgan fingerprint density at radius 3 is 2.66 bits per heavy atom. The summed E-state index contributed by atoms with van der Waals surface area (Å²) in [6, 6.07) is 16.6. The van der Waals surface area contributed by atoms with E-state index < -0.39 is 0 Å². The van der Waals surface area contributed by atoms with E-state index in [1.807, 2.05) is 36.4 Å². The predicted molar refractivity (Wildman–Crippen MR) is 111 cm³/mol. The number of halogens is 1. The van der Waals surface area contributed by atoms with E-state index in [4.69, 9.17) is 4.74 Å². The second kappa shape index (κ2) is 8.28. The first-order valence-electron chi connectivity index (χ1n) is 9.90. The van der Waals surface area contributed by atoms with Gasteiger partial charge >= 0.3 is 0 Å². The molecular weight excluding hydrogens is 365 g/mol. The molecule has 1 aliphatic rings. The maximum atomic E-state index is 13.5. The fraction of sp³-hybridized carbons (Fsp3) is 0.333. The highest BCUT2D eigenvalue weighted by Crippen LogP contribution is 2.36. The van der Waals surface area contributed by atoms with Crippen LogP contribution in [0.5, 0.6) is 0 Å². The molecule has 0 N–H and O–H groups in total. The van der Waals surface area contributed by atoms with Crippen molar-refractivity contribution in [1.29, 1.82) is 5.26 Å². The second-order valence-electron chi connectivity index (χ2n) is 7.91. The third kappa shape index (κ3) is 4.14. The van der Waals surface area contributed by atoms with Crippen molar-refractivity contribution in [2.75, 3.05) is 26.7 Å². The number of ether oxygens (including phenoxy) is 1. The predicted octanol–water partition coefficient (Wildman–Crippen LogP) is 4.43. The van der Waals surface area contributed by atoms with Crippen LogP contribution in [-0.4, -0.2) is 36.6 Å². The summed E-state index contributed by atoms with van der Waals surface area (Å²) in [5.74, 6) is -0.219. The topological polar surface area (TPSA) is 49.1 Å². The normalized spacial score (nSPS) is 16.6. The number of likely N-dealkylation sites (tertiary alicyclic amines) is 1. The zero-order valence-corrected chi connectivity index (χ0v) is 16.6. The van der Waals surface area contributed by atoms with E-state index in [9.17, 15) is 9.65 Å². The van der Waals surface area contributed by atoms with Gasteiger partial charge < -0.3 is 9.64 Å². The fourth-order valence-electron chi connectivity index (χ4n) is 4.17. The molecule has 1 saturated heterocycles. The average molecular weight is 389 g/mol. The molecule has 3 aromatic rings. The maximum absolute atomic E-state index is 13.5. The van der Waals surface area contributed by atoms with Crippen molar-refractivity contribution in [3.8, 4) is 6.07 Å². The van der Waals surface area contributed by atoms with Crippen LogP contribution < -0.4 is 0 Å². The lowest BCUT2D eigenvalue weighted by molar-refractivity contribution is 0.0411. The van der Waals surface area contributed by atoms with Crippen LogP contribution >= 0.6 is 0 Å². The summed E-state index contributed by atoms with van der Waals surface area (Å²) in [7, 11) is 2.13. The molecule has 0 saturated carbocycles. The first-order valence-corrected chi connectivity index (χ1v) is 9.90. The van der Waals surface area contributed by atoms with Gasteiger partial charge in [0.1, 0.15) is 5.82 Å². The molecule has 2 aromatic carbocycles. The molecule has 0 aliphatic carbocycles. The largest absolute Gasteiger partial charge is 0.376 e. The summed E-state index contributed by atoms with van der Waals surface area (Å²) in [5.41, 5.74) is 3.39. The number of fused-ring (bicyclic) bond motifs is 1. The van der Waals surface area contributed by atoms with Gasteiger partial charge in [-0.15, -0.1) is 0 Å². The van der Waals surface area contributed by atoms with Crippen molar-refractivity contribution < 1.29 is 9.13 Å². The average Bonchev–Trinajstić information content (AvgIpc) is 2.75. The van der Waals surface area contributed by atoms with Gasteiger partial charge in [-0.3, -0.25) is 4.98 Å². The van der Waals surface area contributed by atoms with E-state index in [0.29, 0.717) is 18.8 Å². The molecule has 0 unspecified atom stereocenters. The number of pyridine rings is 1. The third-order valence-corrected chi connectivity index (χ3v) is 5.95. The van der Waals surface area contributed by atoms with Crippen LogP contribution in [0.25, 0.3) is 10.9 Å². The number of hydrogen-bond donors (Lipinski definition) is 0. The SMILES string of the molecule is CN1CCC(COCc2cc(C#N)cc3cccnc23)(c2ccc(F)cc2)CC1. The van der Waals surface area contributed by atoms with E-state index in [1.54, 1.807) is 6.20 Å². The molecule has 148 valence electrons. The van der Waals surface area contributed by atoms with E-state index in [2.05, 4.69) is 23.0 Å². The quantitative estimate of drug-likeness (QED) is 0.648. The highest BCUT2D eigenvalue weighted by Gasteiger charge is 2.35. The first kappa shape index (κ1) is 19.5. The lowest BCUT2D eigenvalue weighted by Crippen LogP contribution is -2.43. The number of nitrogens with zero attached hydrogens (tertiary/aromatic N) is 3. The van der Waals surface area contributed by atoms with Gasteiger partial charge in [-0.1, -0.05) is 18.2 Å². The number of hydrogen-bond acceptors (Lipinski definition) is 4. The van der Waals surface area contributed by atoms with E-state index in [0.717, 1.165) is 48.0 Å². The van der Waals surface area contributed by atoms with Crippen LogP contribution in [0, 0.1) is 17.1 Å². The summed E-state index contributed by atoms with van der Waals surface area (Å²) in [4.78, 5) is 6.79. The van der Waals surface area contributed by atoms with Crippen LogP contribution in [0.4, 0.5) is 4.39 Å². The Bertz CT molecular complexity index is 1030. The highest BCUT2D eigenvalue weighted by atomic mass is 19.1. The Morgan fingerprint density at radius 1 is 1.17 bits per heavy atom. The fourth-order valence-corrected chi connectivity index (χ4v) is 4.17. The van der Waals surface area contributed by atoms with Gasteiger partial charge in [0, 0.05) is 22.6 Å². The summed E-state index contributed by atoms with van der Waals surface area (Å²) in [5, 5.41) is 10.3. The van der Waals surface area contributed by atoms with Gasteiger partial charge in [0.25, 0.3) is 0 Å². The number of rotatable bonds is 5. The van der Waals surface area contributed by atoms with Crippen LogP contribution in [0.15, 0.2) is 54.7 Å². The molecule has 4 rings (SSSR count).